The highest BCUT2D eigenvalue weighted by atomic mass is 16.2. The fourth-order valence-electron chi connectivity index (χ4n) is 3.00. The number of rotatable bonds is 2. The number of likely N-dealkylation sites (N-methyl/N-ethyl adjacent to an activating group) is 1. The topological polar surface area (TPSA) is 39.7 Å². The number of urea groups is 1. The molecule has 3 rings (SSSR count). The van der Waals surface area contributed by atoms with Gasteiger partial charge in [-0.15, -0.1) is 0 Å². The SMILES string of the molecule is Cc1cccc(CN2CCN3C(=O)N(C)CC3C2)n1. The van der Waals surface area contributed by atoms with E-state index in [1.54, 1.807) is 0 Å². The summed E-state index contributed by atoms with van der Waals surface area (Å²) >= 11 is 0. The smallest absolute Gasteiger partial charge is 0.320 e. The predicted molar refractivity (Wildman–Crippen MR) is 72.8 cm³/mol. The molecular formula is C14H20N4O. The number of amides is 2. The summed E-state index contributed by atoms with van der Waals surface area (Å²) in [4.78, 5) is 22.6. The van der Waals surface area contributed by atoms with Crippen LogP contribution in [0.1, 0.15) is 11.4 Å². The molecule has 2 amide bonds. The molecule has 2 aliphatic rings. The number of hydrogen-bond donors (Lipinski definition) is 0. The van der Waals surface area contributed by atoms with E-state index in [-0.39, 0.29) is 6.03 Å². The minimum atomic E-state index is 0.179. The highest BCUT2D eigenvalue weighted by Crippen LogP contribution is 2.20. The average molecular weight is 260 g/mol. The third-order valence-corrected chi connectivity index (χ3v) is 3.96. The zero-order valence-electron chi connectivity index (χ0n) is 11.5. The van der Waals surface area contributed by atoms with Crippen molar-refractivity contribution in [1.82, 2.24) is 19.7 Å². The predicted octanol–water partition coefficient (Wildman–Crippen LogP) is 0.942. The summed E-state index contributed by atoms with van der Waals surface area (Å²) in [5, 5.41) is 0. The second-order valence-corrected chi connectivity index (χ2v) is 5.52. The summed E-state index contributed by atoms with van der Waals surface area (Å²) in [6, 6.07) is 6.67. The quantitative estimate of drug-likeness (QED) is 0.794. The van der Waals surface area contributed by atoms with Crippen molar-refractivity contribution in [2.45, 2.75) is 19.5 Å². The molecule has 0 N–H and O–H groups in total. The molecule has 19 heavy (non-hydrogen) atoms. The van der Waals surface area contributed by atoms with E-state index in [1.807, 2.05) is 29.8 Å². The van der Waals surface area contributed by atoms with Crippen LogP contribution in [0, 0.1) is 6.92 Å². The third-order valence-electron chi connectivity index (χ3n) is 3.96. The molecule has 2 saturated heterocycles. The van der Waals surface area contributed by atoms with Gasteiger partial charge in [0.1, 0.15) is 0 Å². The fourth-order valence-corrected chi connectivity index (χ4v) is 3.00. The van der Waals surface area contributed by atoms with Gasteiger partial charge in [0.05, 0.1) is 11.7 Å². The summed E-state index contributed by atoms with van der Waals surface area (Å²) in [5.74, 6) is 0. The van der Waals surface area contributed by atoms with Crippen molar-refractivity contribution >= 4 is 6.03 Å². The molecule has 2 aliphatic heterocycles. The van der Waals surface area contributed by atoms with Crippen molar-refractivity contribution in [3.63, 3.8) is 0 Å². The molecule has 102 valence electrons. The van der Waals surface area contributed by atoms with E-state index in [4.69, 9.17) is 0 Å². The van der Waals surface area contributed by atoms with Gasteiger partial charge in [-0.3, -0.25) is 9.88 Å². The Hall–Kier alpha value is -1.62. The Morgan fingerprint density at radius 2 is 2.16 bits per heavy atom. The molecule has 3 heterocycles. The van der Waals surface area contributed by atoms with Crippen LogP contribution < -0.4 is 0 Å². The van der Waals surface area contributed by atoms with Gasteiger partial charge in [-0.1, -0.05) is 6.07 Å². The van der Waals surface area contributed by atoms with E-state index in [2.05, 4.69) is 22.0 Å². The number of fused-ring (bicyclic) bond motifs is 1. The van der Waals surface area contributed by atoms with E-state index in [9.17, 15) is 4.79 Å². The number of pyridine rings is 1. The van der Waals surface area contributed by atoms with E-state index >= 15 is 0 Å². The molecule has 0 saturated carbocycles. The molecule has 2 fully saturated rings. The first-order chi connectivity index (χ1) is 9.13. The molecule has 1 atom stereocenters. The zero-order chi connectivity index (χ0) is 13.4. The van der Waals surface area contributed by atoms with Crippen molar-refractivity contribution in [2.24, 2.45) is 0 Å². The highest BCUT2D eigenvalue weighted by Gasteiger charge is 2.38. The largest absolute Gasteiger partial charge is 0.326 e. The van der Waals surface area contributed by atoms with Gasteiger partial charge < -0.3 is 9.80 Å². The van der Waals surface area contributed by atoms with Crippen molar-refractivity contribution in [2.75, 3.05) is 33.2 Å². The van der Waals surface area contributed by atoms with Crippen LogP contribution in [0.15, 0.2) is 18.2 Å². The van der Waals surface area contributed by atoms with Crippen LogP contribution in [-0.4, -0.2) is 65.0 Å². The zero-order valence-corrected chi connectivity index (χ0v) is 11.5. The monoisotopic (exact) mass is 260 g/mol. The van der Waals surface area contributed by atoms with Crippen LogP contribution in [0.25, 0.3) is 0 Å². The number of aryl methyl sites for hydroxylation is 1. The molecular weight excluding hydrogens is 240 g/mol. The molecule has 1 aromatic rings. The van der Waals surface area contributed by atoms with Crippen LogP contribution in [0.3, 0.4) is 0 Å². The van der Waals surface area contributed by atoms with Gasteiger partial charge in [-0.25, -0.2) is 4.79 Å². The van der Waals surface area contributed by atoms with Gasteiger partial charge in [0.2, 0.25) is 0 Å². The van der Waals surface area contributed by atoms with E-state index in [1.165, 1.54) is 0 Å². The molecule has 5 heteroatoms. The number of carbonyl (C=O) groups excluding carboxylic acids is 1. The number of nitrogens with zero attached hydrogens (tertiary/aromatic N) is 4. The Morgan fingerprint density at radius 1 is 1.32 bits per heavy atom. The molecule has 0 aliphatic carbocycles. The van der Waals surface area contributed by atoms with Gasteiger partial charge >= 0.3 is 6.03 Å². The Balaban J connectivity index is 1.64. The second-order valence-electron chi connectivity index (χ2n) is 5.52. The van der Waals surface area contributed by atoms with Crippen molar-refractivity contribution < 1.29 is 4.79 Å². The number of carbonyl (C=O) groups is 1. The van der Waals surface area contributed by atoms with Gasteiger partial charge in [-0.05, 0) is 19.1 Å². The van der Waals surface area contributed by atoms with Crippen LogP contribution in [-0.2, 0) is 6.54 Å². The molecule has 0 radical (unpaired) electrons. The fraction of sp³-hybridized carbons (Fsp3) is 0.571. The first kappa shape index (κ1) is 12.4. The molecule has 1 unspecified atom stereocenters. The summed E-state index contributed by atoms with van der Waals surface area (Å²) < 4.78 is 0. The highest BCUT2D eigenvalue weighted by molar-refractivity contribution is 5.77. The Kier molecular flexibility index (Phi) is 3.14. The Labute approximate surface area is 113 Å². The maximum atomic E-state index is 11.9. The molecule has 0 aromatic carbocycles. The lowest BCUT2D eigenvalue weighted by molar-refractivity contribution is 0.115. The standard InChI is InChI=1S/C14H20N4O/c1-11-4-3-5-12(15-11)8-17-6-7-18-13(10-17)9-16(2)14(18)19/h3-5,13H,6-10H2,1-2H3. The first-order valence-corrected chi connectivity index (χ1v) is 6.80. The number of piperazine rings is 1. The minimum Gasteiger partial charge on any atom is -0.326 e. The van der Waals surface area contributed by atoms with E-state index in [0.717, 1.165) is 44.1 Å². The van der Waals surface area contributed by atoms with E-state index in [0.29, 0.717) is 6.04 Å². The van der Waals surface area contributed by atoms with Crippen LogP contribution in [0.5, 0.6) is 0 Å². The molecule has 0 bridgehead atoms. The molecule has 1 aromatic heterocycles. The summed E-state index contributed by atoms with van der Waals surface area (Å²) in [6.07, 6.45) is 0. The molecule has 0 spiro atoms. The average Bonchev–Trinajstić information content (AvgIpc) is 2.65. The Morgan fingerprint density at radius 3 is 2.95 bits per heavy atom. The van der Waals surface area contributed by atoms with Crippen LogP contribution in [0.2, 0.25) is 0 Å². The third kappa shape index (κ3) is 2.42. The lowest BCUT2D eigenvalue weighted by Crippen LogP contribution is -2.51. The minimum absolute atomic E-state index is 0.179. The van der Waals surface area contributed by atoms with Crippen molar-refractivity contribution in [3.05, 3.63) is 29.6 Å². The molecule has 5 nitrogen and oxygen atoms in total. The first-order valence-electron chi connectivity index (χ1n) is 6.80. The Bertz CT molecular complexity index is 490. The lowest BCUT2D eigenvalue weighted by atomic mass is 10.2. The maximum Gasteiger partial charge on any atom is 0.320 e. The number of aromatic nitrogens is 1. The van der Waals surface area contributed by atoms with Gasteiger partial charge in [0, 0.05) is 45.5 Å². The van der Waals surface area contributed by atoms with E-state index < -0.39 is 0 Å². The van der Waals surface area contributed by atoms with Gasteiger partial charge in [0.25, 0.3) is 0 Å². The van der Waals surface area contributed by atoms with Crippen molar-refractivity contribution in [3.8, 4) is 0 Å². The number of hydrogen-bond acceptors (Lipinski definition) is 3. The second kappa shape index (κ2) is 4.81. The van der Waals surface area contributed by atoms with Gasteiger partial charge in [-0.2, -0.15) is 0 Å². The lowest BCUT2D eigenvalue weighted by Gasteiger charge is -2.36. The van der Waals surface area contributed by atoms with Crippen molar-refractivity contribution in [1.29, 1.82) is 0 Å². The van der Waals surface area contributed by atoms with Crippen LogP contribution >= 0.6 is 0 Å². The van der Waals surface area contributed by atoms with Crippen LogP contribution in [0.4, 0.5) is 4.79 Å². The summed E-state index contributed by atoms with van der Waals surface area (Å²) in [7, 11) is 1.88. The summed E-state index contributed by atoms with van der Waals surface area (Å²) in [5.41, 5.74) is 2.18. The summed E-state index contributed by atoms with van der Waals surface area (Å²) in [6.45, 7) is 6.46. The van der Waals surface area contributed by atoms with Gasteiger partial charge in [0.15, 0.2) is 0 Å². The normalized spacial score (nSPS) is 23.9. The maximum absolute atomic E-state index is 11.9.